The van der Waals surface area contributed by atoms with Gasteiger partial charge in [-0.15, -0.1) is 24.0 Å². The summed E-state index contributed by atoms with van der Waals surface area (Å²) < 4.78 is 0. The summed E-state index contributed by atoms with van der Waals surface area (Å²) in [5, 5.41) is 4.62. The third-order valence-corrected chi connectivity index (χ3v) is 13.7. The van der Waals surface area contributed by atoms with Gasteiger partial charge in [-0.25, -0.2) is 0 Å². The summed E-state index contributed by atoms with van der Waals surface area (Å²) in [6.45, 7) is 0.121. The van der Waals surface area contributed by atoms with Gasteiger partial charge in [0, 0.05) is 0 Å². The molecule has 0 atom stereocenters. The van der Waals surface area contributed by atoms with Crippen molar-refractivity contribution in [2.75, 3.05) is 6.66 Å². The van der Waals surface area contributed by atoms with Gasteiger partial charge >= 0.3 is 152 Å². The van der Waals surface area contributed by atoms with Gasteiger partial charge in [0.05, 0.1) is 0 Å². The normalized spacial score (nSPS) is 16.4. The summed E-state index contributed by atoms with van der Waals surface area (Å²) in [6.07, 6.45) is 5.41. The Morgan fingerprint density at radius 1 is 0.577 bits per heavy atom. The van der Waals surface area contributed by atoms with Crippen LogP contribution in [0.5, 0.6) is 0 Å². The van der Waals surface area contributed by atoms with Crippen molar-refractivity contribution in [3.63, 3.8) is 0 Å². The first-order valence-electron chi connectivity index (χ1n) is 9.42. The summed E-state index contributed by atoms with van der Waals surface area (Å²) in [5.74, 6) is 0. The van der Waals surface area contributed by atoms with E-state index >= 15 is 0 Å². The van der Waals surface area contributed by atoms with Gasteiger partial charge in [0.25, 0.3) is 0 Å². The molecule has 1 saturated carbocycles. The largest absolute Gasteiger partial charge is 0.107 e. The van der Waals surface area contributed by atoms with Crippen LogP contribution in [-0.2, 0) is 0 Å². The molecule has 1 aliphatic rings. The van der Waals surface area contributed by atoms with E-state index in [2.05, 4.69) is 97.7 Å². The van der Waals surface area contributed by atoms with Crippen LogP contribution in [0.15, 0.2) is 91.0 Å². The van der Waals surface area contributed by atoms with Crippen LogP contribution < -0.4 is 15.9 Å². The smallest absolute Gasteiger partial charge is 0.107 e. The fourth-order valence-electron chi connectivity index (χ4n) is 5.07. The molecule has 0 N–H and O–H groups in total. The summed E-state index contributed by atoms with van der Waals surface area (Å²) in [6, 6.07) is 34.1. The molecule has 0 unspecified atom stereocenters. The number of benzene rings is 3. The van der Waals surface area contributed by atoms with Crippen LogP contribution in [0.3, 0.4) is 0 Å². The first-order chi connectivity index (χ1) is 12.2. The van der Waals surface area contributed by atoms with Crippen LogP contribution in [0.4, 0.5) is 0 Å². The van der Waals surface area contributed by atoms with E-state index in [1.54, 1.807) is 0 Å². The quantitative estimate of drug-likeness (QED) is 0.336. The maximum absolute atomic E-state index is 2.63. The second-order valence-corrected chi connectivity index (χ2v) is 13.2. The van der Waals surface area contributed by atoms with Crippen molar-refractivity contribution in [1.29, 1.82) is 0 Å². The molecule has 0 radical (unpaired) electrons. The van der Waals surface area contributed by atoms with Crippen molar-refractivity contribution in [1.82, 2.24) is 0 Å². The van der Waals surface area contributed by atoms with Gasteiger partial charge in [0.2, 0.25) is 0 Å². The van der Waals surface area contributed by atoms with Crippen LogP contribution in [-0.4, -0.2) is 12.3 Å². The molecule has 0 amide bonds. The average Bonchev–Trinajstić information content (AvgIpc) is 3.25. The molecule has 1 fully saturated rings. The van der Waals surface area contributed by atoms with Crippen molar-refractivity contribution in [2.24, 2.45) is 0 Å². The zero-order valence-electron chi connectivity index (χ0n) is 15.4. The van der Waals surface area contributed by atoms with E-state index in [-0.39, 0.29) is 24.0 Å². The van der Waals surface area contributed by atoms with E-state index in [4.69, 9.17) is 0 Å². The van der Waals surface area contributed by atoms with Gasteiger partial charge in [-0.05, 0) is 0 Å². The van der Waals surface area contributed by atoms with E-state index in [0.29, 0.717) is 0 Å². The molecule has 0 bridgehead atoms. The Labute approximate surface area is 175 Å². The van der Waals surface area contributed by atoms with E-state index in [0.717, 1.165) is 5.66 Å². The minimum absolute atomic E-state index is 0. The Kier molecular flexibility index (Phi) is 5.89. The molecule has 1 aliphatic carbocycles. The van der Waals surface area contributed by atoms with Crippen molar-refractivity contribution in [3.8, 4) is 0 Å². The van der Waals surface area contributed by atoms with Crippen molar-refractivity contribution >= 4 is 46.5 Å². The topological polar surface area (TPSA) is 0 Å². The molecule has 0 aliphatic heterocycles. The summed E-state index contributed by atoms with van der Waals surface area (Å²) in [5.41, 5.74) is 0.734. The molecule has 2 heteroatoms. The Bertz CT molecular complexity index is 724. The van der Waals surface area contributed by atoms with Gasteiger partial charge in [0.15, 0.2) is 0 Å². The molecule has 3 aromatic carbocycles. The zero-order valence-corrected chi connectivity index (χ0v) is 18.6. The molecule has 4 rings (SSSR count). The third kappa shape index (κ3) is 2.84. The fraction of sp³-hybridized carbons (Fsp3) is 0.250. The molecule has 0 spiro atoms. The summed E-state index contributed by atoms with van der Waals surface area (Å²) in [7, 11) is 0. The average molecular weight is 474 g/mol. The van der Waals surface area contributed by atoms with Gasteiger partial charge < -0.3 is 0 Å². The minimum Gasteiger partial charge on any atom is -0.107 e. The van der Waals surface area contributed by atoms with Gasteiger partial charge in [-0.2, -0.15) is 0 Å². The first-order valence-corrected chi connectivity index (χ1v) is 12.2. The maximum atomic E-state index is 2.63. The van der Waals surface area contributed by atoms with Crippen LogP contribution in [0.25, 0.3) is 0 Å². The van der Waals surface area contributed by atoms with Crippen LogP contribution in [0.1, 0.15) is 25.7 Å². The van der Waals surface area contributed by atoms with Gasteiger partial charge in [0.1, 0.15) is 0 Å². The molecule has 0 saturated heterocycles. The third-order valence-electron chi connectivity index (χ3n) is 6.50. The molecular formula is C24H28IP. The monoisotopic (exact) mass is 474 g/mol. The van der Waals surface area contributed by atoms with Crippen molar-refractivity contribution < 1.29 is 0 Å². The molecule has 0 nitrogen and oxygen atoms in total. The molecule has 3 aromatic rings. The Morgan fingerprint density at radius 2 is 0.885 bits per heavy atom. The zero-order chi connectivity index (χ0) is 17.2. The first kappa shape index (κ1) is 19.6. The van der Waals surface area contributed by atoms with E-state index < -0.39 is 6.60 Å². The van der Waals surface area contributed by atoms with E-state index in [9.17, 15) is 0 Å². The minimum atomic E-state index is -2.51. The number of hydrogen-bond donors (Lipinski definition) is 0. The molecular weight excluding hydrogens is 446 g/mol. The standard InChI is InChI=1S/C24H27P.HI/c1-25(24-19-11-12-20-24,21-13-5-2-6-14-21,22-15-7-3-8-16-22)23-17-9-4-10-18-23;/h2-10,13-18,24H,11-12,19-20H2,1H3;1H. The van der Waals surface area contributed by atoms with Crippen molar-refractivity contribution in [3.05, 3.63) is 91.0 Å². The fourth-order valence-corrected chi connectivity index (χ4v) is 11.7. The predicted molar refractivity (Wildman–Crippen MR) is 129 cm³/mol. The Balaban J connectivity index is 0.00000196. The van der Waals surface area contributed by atoms with Crippen LogP contribution in [0.2, 0.25) is 0 Å². The second-order valence-electron chi connectivity index (χ2n) is 7.60. The molecule has 0 heterocycles. The van der Waals surface area contributed by atoms with Gasteiger partial charge in [-0.3, -0.25) is 0 Å². The Morgan fingerprint density at radius 3 is 1.19 bits per heavy atom. The van der Waals surface area contributed by atoms with E-state index in [1.807, 2.05) is 0 Å². The summed E-state index contributed by atoms with van der Waals surface area (Å²) >= 11 is 0. The summed E-state index contributed by atoms with van der Waals surface area (Å²) in [4.78, 5) is 0. The molecule has 26 heavy (non-hydrogen) atoms. The van der Waals surface area contributed by atoms with Crippen LogP contribution in [0, 0.1) is 0 Å². The molecule has 136 valence electrons. The van der Waals surface area contributed by atoms with Gasteiger partial charge in [-0.1, -0.05) is 0 Å². The predicted octanol–water partition coefficient (Wildman–Crippen LogP) is 5.71. The maximum Gasteiger partial charge on any atom is -0.107 e. The van der Waals surface area contributed by atoms with Crippen molar-refractivity contribution in [2.45, 2.75) is 31.3 Å². The number of hydrogen-bond acceptors (Lipinski definition) is 0. The number of halogens is 1. The van der Waals surface area contributed by atoms with E-state index in [1.165, 1.54) is 41.6 Å². The van der Waals surface area contributed by atoms with Crippen LogP contribution >= 0.6 is 30.6 Å². The molecule has 0 aromatic heterocycles. The Hall–Kier alpha value is -1.18. The number of rotatable bonds is 4. The SMILES string of the molecule is CP(c1ccccc1)(c1ccccc1)(c1ccccc1)C1CCCC1.I. The second kappa shape index (κ2) is 7.82.